The van der Waals surface area contributed by atoms with Gasteiger partial charge in [-0.3, -0.25) is 4.90 Å². The third-order valence-corrected chi connectivity index (χ3v) is 3.49. The van der Waals surface area contributed by atoms with Gasteiger partial charge in [0.2, 0.25) is 0 Å². The Balaban J connectivity index is 0.00000112. The van der Waals surface area contributed by atoms with Crippen LogP contribution in [0.25, 0.3) is 0 Å². The van der Waals surface area contributed by atoms with Crippen molar-refractivity contribution in [2.45, 2.75) is 12.8 Å². The fourth-order valence-electron chi connectivity index (χ4n) is 1.79. The van der Waals surface area contributed by atoms with E-state index < -0.39 is 0 Å². The second-order valence-corrected chi connectivity index (χ2v) is 4.63. The molecule has 16 heavy (non-hydrogen) atoms. The van der Waals surface area contributed by atoms with E-state index in [1.165, 1.54) is 10.6 Å². The van der Waals surface area contributed by atoms with Gasteiger partial charge in [0.15, 0.2) is 5.13 Å². The van der Waals surface area contributed by atoms with Gasteiger partial charge in [0.25, 0.3) is 0 Å². The summed E-state index contributed by atoms with van der Waals surface area (Å²) in [7, 11) is 0. The van der Waals surface area contributed by atoms with Crippen molar-refractivity contribution in [1.29, 1.82) is 0 Å². The highest BCUT2D eigenvalue weighted by Gasteiger charge is 2.16. The Morgan fingerprint density at radius 2 is 2.06 bits per heavy atom. The molecule has 3 nitrogen and oxygen atoms in total. The Labute approximate surface area is 113 Å². The van der Waals surface area contributed by atoms with Crippen LogP contribution in [-0.2, 0) is 12.8 Å². The average Bonchev–Trinajstić information content (AvgIpc) is 2.42. The van der Waals surface area contributed by atoms with Crippen LogP contribution >= 0.6 is 36.2 Å². The van der Waals surface area contributed by atoms with Crippen LogP contribution in [0.5, 0.6) is 0 Å². The minimum absolute atomic E-state index is 0. The number of rotatable bonds is 2. The van der Waals surface area contributed by atoms with E-state index >= 15 is 0 Å². The number of nitrogen functional groups attached to an aromatic ring is 1. The molecule has 1 aromatic heterocycles. The predicted molar refractivity (Wildman–Crippen MR) is 75.1 cm³/mol. The van der Waals surface area contributed by atoms with Crippen molar-refractivity contribution in [2.75, 3.05) is 25.4 Å². The summed E-state index contributed by atoms with van der Waals surface area (Å²) in [6.07, 6.45) is 4.07. The summed E-state index contributed by atoms with van der Waals surface area (Å²) in [6, 6.07) is 0. The van der Waals surface area contributed by atoms with Gasteiger partial charge in [-0.05, 0) is 6.42 Å². The first kappa shape index (κ1) is 15.7. The van der Waals surface area contributed by atoms with Gasteiger partial charge in [0.05, 0.1) is 5.69 Å². The number of anilines is 1. The summed E-state index contributed by atoms with van der Waals surface area (Å²) < 4.78 is 0. The second-order valence-electron chi connectivity index (χ2n) is 3.51. The molecule has 0 unspecified atom stereocenters. The van der Waals surface area contributed by atoms with E-state index in [-0.39, 0.29) is 24.8 Å². The number of nitrogens with two attached hydrogens (primary N) is 1. The lowest BCUT2D eigenvalue weighted by Gasteiger charge is -2.16. The molecular formula is C10H17Cl2N3S. The number of fused-ring (bicyclic) bond motifs is 1. The first-order chi connectivity index (χ1) is 6.79. The summed E-state index contributed by atoms with van der Waals surface area (Å²) in [5.41, 5.74) is 6.89. The van der Waals surface area contributed by atoms with E-state index in [4.69, 9.17) is 5.73 Å². The molecule has 0 fully saturated rings. The zero-order chi connectivity index (χ0) is 9.97. The molecule has 6 heteroatoms. The van der Waals surface area contributed by atoms with E-state index in [9.17, 15) is 0 Å². The first-order valence-electron chi connectivity index (χ1n) is 4.87. The summed E-state index contributed by atoms with van der Waals surface area (Å²) in [5, 5.41) is 0.715. The lowest BCUT2D eigenvalue weighted by Crippen LogP contribution is -2.26. The van der Waals surface area contributed by atoms with E-state index in [0.29, 0.717) is 5.13 Å². The summed E-state index contributed by atoms with van der Waals surface area (Å²) in [4.78, 5) is 8.12. The Bertz CT molecular complexity index is 315. The molecule has 92 valence electrons. The Kier molecular flexibility index (Phi) is 6.99. The van der Waals surface area contributed by atoms with Gasteiger partial charge in [-0.2, -0.15) is 0 Å². The highest BCUT2D eigenvalue weighted by atomic mass is 35.5. The first-order valence-corrected chi connectivity index (χ1v) is 5.68. The third kappa shape index (κ3) is 3.63. The van der Waals surface area contributed by atoms with Gasteiger partial charge in [0, 0.05) is 30.9 Å². The molecule has 0 aliphatic carbocycles. The average molecular weight is 282 g/mol. The monoisotopic (exact) mass is 281 g/mol. The van der Waals surface area contributed by atoms with Gasteiger partial charge >= 0.3 is 0 Å². The van der Waals surface area contributed by atoms with Crippen molar-refractivity contribution in [2.24, 2.45) is 0 Å². The van der Waals surface area contributed by atoms with Crippen LogP contribution in [0.3, 0.4) is 0 Å². The second kappa shape index (κ2) is 7.12. The zero-order valence-corrected chi connectivity index (χ0v) is 11.5. The molecule has 0 atom stereocenters. The molecule has 2 rings (SSSR count). The summed E-state index contributed by atoms with van der Waals surface area (Å²) >= 11 is 1.64. The maximum atomic E-state index is 5.68. The van der Waals surface area contributed by atoms with Crippen molar-refractivity contribution < 1.29 is 0 Å². The molecule has 0 radical (unpaired) electrons. The smallest absolute Gasteiger partial charge is 0.180 e. The van der Waals surface area contributed by atoms with Crippen LogP contribution in [0.15, 0.2) is 12.7 Å². The maximum Gasteiger partial charge on any atom is 0.180 e. The molecule has 1 aliphatic rings. The Hall–Kier alpha value is -0.290. The zero-order valence-electron chi connectivity index (χ0n) is 9.02. The van der Waals surface area contributed by atoms with Gasteiger partial charge < -0.3 is 5.73 Å². The van der Waals surface area contributed by atoms with Crippen LogP contribution in [-0.4, -0.2) is 29.5 Å². The van der Waals surface area contributed by atoms with Crippen molar-refractivity contribution in [3.8, 4) is 0 Å². The largest absolute Gasteiger partial charge is 0.375 e. The Morgan fingerprint density at radius 3 is 2.75 bits per heavy atom. The third-order valence-electron chi connectivity index (χ3n) is 2.50. The number of hydrogen-bond donors (Lipinski definition) is 1. The molecule has 0 bridgehead atoms. The molecule has 0 amide bonds. The number of aromatic nitrogens is 1. The molecule has 0 saturated heterocycles. The molecule has 0 aromatic carbocycles. The van der Waals surface area contributed by atoms with Crippen LogP contribution in [0.2, 0.25) is 0 Å². The highest BCUT2D eigenvalue weighted by Crippen LogP contribution is 2.23. The van der Waals surface area contributed by atoms with Gasteiger partial charge in [-0.25, -0.2) is 4.98 Å². The molecule has 1 aliphatic heterocycles. The Morgan fingerprint density at radius 1 is 1.38 bits per heavy atom. The summed E-state index contributed by atoms with van der Waals surface area (Å²) in [6.45, 7) is 6.91. The van der Waals surface area contributed by atoms with Crippen LogP contribution in [0, 0.1) is 0 Å². The molecule has 2 heterocycles. The molecule has 0 saturated carbocycles. The van der Waals surface area contributed by atoms with E-state index in [1.54, 1.807) is 11.3 Å². The number of halogens is 2. The number of thiazole rings is 1. The topological polar surface area (TPSA) is 42.2 Å². The van der Waals surface area contributed by atoms with Crippen LogP contribution in [0.1, 0.15) is 10.6 Å². The molecule has 0 spiro atoms. The van der Waals surface area contributed by atoms with Crippen molar-refractivity contribution in [3.05, 3.63) is 23.2 Å². The van der Waals surface area contributed by atoms with E-state index in [2.05, 4.69) is 16.5 Å². The number of hydrogen-bond acceptors (Lipinski definition) is 4. The predicted octanol–water partition coefficient (Wildman–Crippen LogP) is 2.16. The lowest BCUT2D eigenvalue weighted by molar-refractivity contribution is 0.318. The van der Waals surface area contributed by atoms with Crippen LogP contribution in [0.4, 0.5) is 5.13 Å². The van der Waals surface area contributed by atoms with Gasteiger partial charge in [-0.1, -0.05) is 6.08 Å². The van der Waals surface area contributed by atoms with Gasteiger partial charge in [0.1, 0.15) is 0 Å². The van der Waals surface area contributed by atoms with Crippen molar-refractivity contribution in [1.82, 2.24) is 9.88 Å². The van der Waals surface area contributed by atoms with E-state index in [1.807, 2.05) is 6.08 Å². The number of nitrogens with zero attached hydrogens (tertiary/aromatic N) is 2. The fourth-order valence-corrected chi connectivity index (χ4v) is 2.66. The molecule has 2 N–H and O–H groups in total. The fraction of sp³-hybridized carbons (Fsp3) is 0.500. The quantitative estimate of drug-likeness (QED) is 0.845. The minimum Gasteiger partial charge on any atom is -0.375 e. The van der Waals surface area contributed by atoms with Crippen molar-refractivity contribution in [3.63, 3.8) is 0 Å². The lowest BCUT2D eigenvalue weighted by atomic mass is 10.2. The minimum atomic E-state index is 0. The summed E-state index contributed by atoms with van der Waals surface area (Å²) in [5.74, 6) is 0. The van der Waals surface area contributed by atoms with Crippen LogP contribution < -0.4 is 5.73 Å². The SMILES string of the molecule is C=CCN1CCc2nc(N)sc2CC1.Cl.Cl. The normalized spacial score (nSPS) is 15.2. The van der Waals surface area contributed by atoms with Crippen molar-refractivity contribution >= 4 is 41.3 Å². The molecule has 1 aromatic rings. The van der Waals surface area contributed by atoms with E-state index in [0.717, 1.165) is 32.5 Å². The van der Waals surface area contributed by atoms with Gasteiger partial charge in [-0.15, -0.1) is 42.7 Å². The highest BCUT2D eigenvalue weighted by molar-refractivity contribution is 7.15. The molecular weight excluding hydrogens is 265 g/mol. The standard InChI is InChI=1S/C10H15N3S.2ClH/c1-2-5-13-6-3-8-9(4-7-13)14-10(11)12-8;;/h2H,1,3-7H2,(H2,11,12);2*1H. The maximum absolute atomic E-state index is 5.68.